The first kappa shape index (κ1) is 23.0. The van der Waals surface area contributed by atoms with Gasteiger partial charge in [0.15, 0.2) is 5.82 Å². The fraction of sp³-hybridized carbons (Fsp3) is 0.316. The van der Waals surface area contributed by atoms with Crippen LogP contribution in [0.2, 0.25) is 10.0 Å². The summed E-state index contributed by atoms with van der Waals surface area (Å²) in [5.74, 6) is -1.73. The Morgan fingerprint density at radius 3 is 2.71 bits per heavy atom. The molecule has 3 N–H and O–H groups in total. The van der Waals surface area contributed by atoms with Crippen LogP contribution in [0, 0.1) is 5.95 Å². The first-order valence-electron chi connectivity index (χ1n) is 9.13. The molecule has 1 aromatic carbocycles. The molecular weight excluding hydrogens is 458 g/mol. The monoisotopic (exact) mass is 475 g/mol. The van der Waals surface area contributed by atoms with Crippen LogP contribution in [-0.2, 0) is 11.2 Å². The van der Waals surface area contributed by atoms with E-state index < -0.39 is 43.4 Å². The molecule has 0 aliphatic carbocycles. The van der Waals surface area contributed by atoms with Crippen LogP contribution < -0.4 is 11.1 Å². The SMILES string of the molecule is Nc1ccc(F)nc1NC(=O)CN1CC(Cc2ccc(Cl)cc2Cl)N(CC(F)F)C1=O. The van der Waals surface area contributed by atoms with Crippen LogP contribution in [-0.4, -0.2) is 58.8 Å². The predicted molar refractivity (Wildman–Crippen MR) is 111 cm³/mol. The molecule has 0 saturated carbocycles. The maximum Gasteiger partial charge on any atom is 0.321 e. The molecule has 1 aliphatic rings. The maximum atomic E-state index is 13.3. The molecule has 3 rings (SSSR count). The Balaban J connectivity index is 1.72. The highest BCUT2D eigenvalue weighted by Crippen LogP contribution is 2.27. The van der Waals surface area contributed by atoms with Crippen molar-refractivity contribution in [3.63, 3.8) is 0 Å². The highest BCUT2D eigenvalue weighted by Gasteiger charge is 2.39. The van der Waals surface area contributed by atoms with E-state index in [0.717, 1.165) is 15.9 Å². The molecule has 0 radical (unpaired) electrons. The molecule has 1 saturated heterocycles. The molecular formula is C19H18Cl2F3N5O2. The molecule has 1 unspecified atom stereocenters. The predicted octanol–water partition coefficient (Wildman–Crippen LogP) is 3.66. The van der Waals surface area contributed by atoms with E-state index in [-0.39, 0.29) is 24.5 Å². The van der Waals surface area contributed by atoms with E-state index in [4.69, 9.17) is 28.9 Å². The van der Waals surface area contributed by atoms with E-state index >= 15 is 0 Å². The lowest BCUT2D eigenvalue weighted by molar-refractivity contribution is -0.116. The minimum atomic E-state index is -2.75. The fourth-order valence-corrected chi connectivity index (χ4v) is 3.77. The number of amides is 3. The summed E-state index contributed by atoms with van der Waals surface area (Å²) in [6.07, 6.45) is -2.55. The van der Waals surface area contributed by atoms with Crippen molar-refractivity contribution >= 4 is 46.6 Å². The van der Waals surface area contributed by atoms with Crippen LogP contribution in [0.1, 0.15) is 5.56 Å². The molecule has 31 heavy (non-hydrogen) atoms. The molecule has 1 aromatic heterocycles. The highest BCUT2D eigenvalue weighted by atomic mass is 35.5. The molecule has 1 atom stereocenters. The van der Waals surface area contributed by atoms with Gasteiger partial charge in [-0.15, -0.1) is 0 Å². The number of benzene rings is 1. The van der Waals surface area contributed by atoms with Gasteiger partial charge in [0.05, 0.1) is 18.3 Å². The summed E-state index contributed by atoms with van der Waals surface area (Å²) >= 11 is 12.1. The van der Waals surface area contributed by atoms with Gasteiger partial charge in [-0.3, -0.25) is 4.79 Å². The summed E-state index contributed by atoms with van der Waals surface area (Å²) in [7, 11) is 0. The number of carbonyl (C=O) groups excluding carboxylic acids is 2. The highest BCUT2D eigenvalue weighted by molar-refractivity contribution is 6.35. The second kappa shape index (κ2) is 9.61. The van der Waals surface area contributed by atoms with Gasteiger partial charge in [-0.2, -0.15) is 9.37 Å². The Bertz CT molecular complexity index is 995. The third-order valence-electron chi connectivity index (χ3n) is 4.68. The number of nitrogens with two attached hydrogens (primary N) is 1. The number of carbonyl (C=O) groups is 2. The minimum Gasteiger partial charge on any atom is -0.396 e. The average Bonchev–Trinajstić information content (AvgIpc) is 2.95. The summed E-state index contributed by atoms with van der Waals surface area (Å²) in [5.41, 5.74) is 6.31. The normalized spacial score (nSPS) is 16.3. The van der Waals surface area contributed by atoms with Crippen molar-refractivity contribution in [1.29, 1.82) is 0 Å². The zero-order chi connectivity index (χ0) is 22.7. The zero-order valence-corrected chi connectivity index (χ0v) is 17.5. The number of rotatable bonds is 7. The molecule has 7 nitrogen and oxygen atoms in total. The number of aromatic nitrogens is 1. The van der Waals surface area contributed by atoms with Crippen molar-refractivity contribution in [2.24, 2.45) is 0 Å². The Morgan fingerprint density at radius 2 is 2.03 bits per heavy atom. The smallest absolute Gasteiger partial charge is 0.321 e. The van der Waals surface area contributed by atoms with E-state index in [1.54, 1.807) is 12.1 Å². The van der Waals surface area contributed by atoms with Crippen LogP contribution in [0.3, 0.4) is 0 Å². The third kappa shape index (κ3) is 5.71. The molecule has 1 aliphatic heterocycles. The Morgan fingerprint density at radius 1 is 1.29 bits per heavy atom. The van der Waals surface area contributed by atoms with Gasteiger partial charge in [-0.1, -0.05) is 29.3 Å². The molecule has 1 fully saturated rings. The van der Waals surface area contributed by atoms with E-state index in [1.165, 1.54) is 12.1 Å². The quantitative estimate of drug-likeness (QED) is 0.597. The largest absolute Gasteiger partial charge is 0.396 e. The van der Waals surface area contributed by atoms with Crippen LogP contribution in [0.25, 0.3) is 0 Å². The lowest BCUT2D eigenvalue weighted by Gasteiger charge is -2.23. The first-order chi connectivity index (χ1) is 14.6. The standard InChI is InChI=1S/C19H18Cl2F3N5O2/c20-11-2-1-10(13(21)6-11)5-12-7-28(19(31)29(12)8-15(22)23)9-17(30)27-18-14(25)3-4-16(24)26-18/h1-4,6,12,15H,5,7-9,25H2,(H,26,27,30). The summed E-state index contributed by atoms with van der Waals surface area (Å²) in [5, 5.41) is 3.09. The van der Waals surface area contributed by atoms with E-state index in [1.807, 2.05) is 0 Å². The van der Waals surface area contributed by atoms with Crippen LogP contribution in [0.15, 0.2) is 30.3 Å². The van der Waals surface area contributed by atoms with Gasteiger partial charge < -0.3 is 20.9 Å². The maximum absolute atomic E-state index is 13.3. The fourth-order valence-electron chi connectivity index (χ4n) is 3.28. The lowest BCUT2D eigenvalue weighted by Crippen LogP contribution is -2.40. The van der Waals surface area contributed by atoms with E-state index in [9.17, 15) is 22.8 Å². The number of nitrogens with zero attached hydrogens (tertiary/aromatic N) is 3. The summed E-state index contributed by atoms with van der Waals surface area (Å²) in [6.45, 7) is -1.21. The van der Waals surface area contributed by atoms with Crippen molar-refractivity contribution in [3.05, 3.63) is 51.9 Å². The summed E-state index contributed by atoms with van der Waals surface area (Å²) < 4.78 is 39.4. The molecule has 2 heterocycles. The number of pyridine rings is 1. The lowest BCUT2D eigenvalue weighted by atomic mass is 10.1. The number of halogens is 5. The number of urea groups is 1. The average molecular weight is 476 g/mol. The van der Waals surface area contributed by atoms with Crippen molar-refractivity contribution < 1.29 is 22.8 Å². The number of hydrogen-bond donors (Lipinski definition) is 2. The van der Waals surface area contributed by atoms with Crippen molar-refractivity contribution in [3.8, 4) is 0 Å². The Labute approximate surface area is 185 Å². The van der Waals surface area contributed by atoms with Crippen molar-refractivity contribution in [2.45, 2.75) is 18.9 Å². The minimum absolute atomic E-state index is 0.0178. The summed E-state index contributed by atoms with van der Waals surface area (Å²) in [6, 6.07) is 5.70. The van der Waals surface area contributed by atoms with E-state index in [0.29, 0.717) is 15.6 Å². The molecule has 12 heteroatoms. The molecule has 0 bridgehead atoms. The van der Waals surface area contributed by atoms with Crippen LogP contribution in [0.4, 0.5) is 29.5 Å². The molecule has 2 aromatic rings. The van der Waals surface area contributed by atoms with Gasteiger partial charge in [0, 0.05) is 16.6 Å². The topological polar surface area (TPSA) is 91.6 Å². The van der Waals surface area contributed by atoms with Crippen LogP contribution >= 0.6 is 23.2 Å². The number of nitrogens with one attached hydrogen (secondary N) is 1. The number of nitrogen functional groups attached to an aromatic ring is 1. The molecule has 3 amide bonds. The van der Waals surface area contributed by atoms with Gasteiger partial charge in [-0.25, -0.2) is 13.6 Å². The van der Waals surface area contributed by atoms with E-state index in [2.05, 4.69) is 10.3 Å². The van der Waals surface area contributed by atoms with Gasteiger partial charge >= 0.3 is 6.03 Å². The zero-order valence-electron chi connectivity index (χ0n) is 16.0. The van der Waals surface area contributed by atoms with Gasteiger partial charge in [0.1, 0.15) is 6.54 Å². The van der Waals surface area contributed by atoms with Crippen LogP contribution in [0.5, 0.6) is 0 Å². The van der Waals surface area contributed by atoms with Gasteiger partial charge in [-0.05, 0) is 36.2 Å². The van der Waals surface area contributed by atoms with Gasteiger partial charge in [0.2, 0.25) is 11.9 Å². The third-order valence-corrected chi connectivity index (χ3v) is 5.27. The van der Waals surface area contributed by atoms with Crippen molar-refractivity contribution in [1.82, 2.24) is 14.8 Å². The second-order valence-corrected chi connectivity index (χ2v) is 7.76. The van der Waals surface area contributed by atoms with Gasteiger partial charge in [0.25, 0.3) is 6.43 Å². The molecule has 166 valence electrons. The Hall–Kier alpha value is -2.72. The number of alkyl halides is 2. The first-order valence-corrected chi connectivity index (χ1v) is 9.89. The molecule has 0 spiro atoms. The number of anilines is 2. The summed E-state index contributed by atoms with van der Waals surface area (Å²) in [4.78, 5) is 30.6. The van der Waals surface area contributed by atoms with Crippen molar-refractivity contribution in [2.75, 3.05) is 30.7 Å². The second-order valence-electron chi connectivity index (χ2n) is 6.92. The Kier molecular flexibility index (Phi) is 7.11. The number of hydrogen-bond acceptors (Lipinski definition) is 4.